The Labute approximate surface area is 149 Å². The van der Waals surface area contributed by atoms with Crippen LogP contribution in [0.25, 0.3) is 0 Å². The second-order valence-electron chi connectivity index (χ2n) is 6.59. The number of rotatable bonds is 4. The first-order valence-electron chi connectivity index (χ1n) is 8.54. The zero-order chi connectivity index (χ0) is 16.1. The van der Waals surface area contributed by atoms with Crippen LogP contribution in [0.1, 0.15) is 24.8 Å². The van der Waals surface area contributed by atoms with E-state index in [1.165, 1.54) is 6.07 Å². The predicted octanol–water partition coefficient (Wildman–Crippen LogP) is 2.41. The molecule has 1 aromatic carbocycles. The standard InChI is InChI=1S/C18H25FN2O2.ClH/c19-16-3-1-2-15(11-16)10-14-4-7-21(8-5-14)18(22)12-17-13-23-9-6-20-17;/h1-3,11,14,17,20H,4-10,12-13H2;1H. The third-order valence-electron chi connectivity index (χ3n) is 4.80. The normalized spacial score (nSPS) is 22.0. The molecule has 0 radical (unpaired) electrons. The molecule has 0 bridgehead atoms. The van der Waals surface area contributed by atoms with Crippen LogP contribution < -0.4 is 5.32 Å². The second-order valence-corrected chi connectivity index (χ2v) is 6.59. The van der Waals surface area contributed by atoms with E-state index in [1.54, 1.807) is 12.1 Å². The van der Waals surface area contributed by atoms with Gasteiger partial charge in [-0.1, -0.05) is 12.1 Å². The van der Waals surface area contributed by atoms with Crippen molar-refractivity contribution >= 4 is 18.3 Å². The van der Waals surface area contributed by atoms with Gasteiger partial charge in [0, 0.05) is 32.1 Å². The summed E-state index contributed by atoms with van der Waals surface area (Å²) < 4.78 is 18.6. The summed E-state index contributed by atoms with van der Waals surface area (Å²) in [5, 5.41) is 3.33. The highest BCUT2D eigenvalue weighted by atomic mass is 35.5. The van der Waals surface area contributed by atoms with Gasteiger partial charge < -0.3 is 15.0 Å². The van der Waals surface area contributed by atoms with Crippen molar-refractivity contribution in [1.82, 2.24) is 10.2 Å². The van der Waals surface area contributed by atoms with Gasteiger partial charge in [-0.25, -0.2) is 4.39 Å². The van der Waals surface area contributed by atoms with Crippen LogP contribution in [0.4, 0.5) is 4.39 Å². The number of halogens is 2. The fourth-order valence-electron chi connectivity index (χ4n) is 3.47. The zero-order valence-corrected chi connectivity index (χ0v) is 14.7. The molecule has 2 heterocycles. The van der Waals surface area contributed by atoms with E-state index in [4.69, 9.17) is 4.74 Å². The quantitative estimate of drug-likeness (QED) is 0.900. The Morgan fingerprint density at radius 3 is 2.79 bits per heavy atom. The predicted molar refractivity (Wildman–Crippen MR) is 93.9 cm³/mol. The lowest BCUT2D eigenvalue weighted by atomic mass is 9.90. The van der Waals surface area contributed by atoms with Crippen LogP contribution in [0, 0.1) is 11.7 Å². The SMILES string of the molecule is Cl.O=C(CC1COCCN1)N1CCC(Cc2cccc(F)c2)CC1. The molecule has 24 heavy (non-hydrogen) atoms. The first-order chi connectivity index (χ1) is 11.2. The van der Waals surface area contributed by atoms with E-state index in [1.807, 2.05) is 11.0 Å². The molecule has 1 N–H and O–H groups in total. The minimum Gasteiger partial charge on any atom is -0.378 e. The number of nitrogens with zero attached hydrogens (tertiary/aromatic N) is 1. The highest BCUT2D eigenvalue weighted by Gasteiger charge is 2.25. The third kappa shape index (κ3) is 5.43. The number of carbonyl (C=O) groups excluding carboxylic acids is 1. The molecule has 1 atom stereocenters. The Kier molecular flexibility index (Phi) is 7.46. The van der Waals surface area contributed by atoms with Crippen molar-refractivity contribution in [1.29, 1.82) is 0 Å². The van der Waals surface area contributed by atoms with E-state index < -0.39 is 0 Å². The molecule has 2 fully saturated rings. The lowest BCUT2D eigenvalue weighted by Gasteiger charge is -2.33. The number of likely N-dealkylation sites (tertiary alicyclic amines) is 1. The van der Waals surface area contributed by atoms with Crippen LogP contribution in [-0.4, -0.2) is 49.7 Å². The van der Waals surface area contributed by atoms with Crippen molar-refractivity contribution < 1.29 is 13.9 Å². The van der Waals surface area contributed by atoms with Gasteiger partial charge in [-0.2, -0.15) is 0 Å². The minimum atomic E-state index is -0.169. The number of morpholine rings is 1. The van der Waals surface area contributed by atoms with E-state index in [2.05, 4.69) is 5.32 Å². The average molecular weight is 357 g/mol. The topological polar surface area (TPSA) is 41.6 Å². The Hall–Kier alpha value is -1.17. The van der Waals surface area contributed by atoms with Crippen LogP contribution in [0.2, 0.25) is 0 Å². The maximum absolute atomic E-state index is 13.2. The molecule has 2 saturated heterocycles. The molecule has 4 nitrogen and oxygen atoms in total. The first kappa shape index (κ1) is 19.2. The zero-order valence-electron chi connectivity index (χ0n) is 13.9. The van der Waals surface area contributed by atoms with E-state index in [0.717, 1.165) is 51.1 Å². The van der Waals surface area contributed by atoms with Crippen LogP contribution in [-0.2, 0) is 16.0 Å². The first-order valence-corrected chi connectivity index (χ1v) is 8.54. The molecule has 2 aliphatic heterocycles. The number of piperidine rings is 1. The van der Waals surface area contributed by atoms with Crippen molar-refractivity contribution in [2.75, 3.05) is 32.8 Å². The fourth-order valence-corrected chi connectivity index (χ4v) is 3.47. The van der Waals surface area contributed by atoms with Gasteiger partial charge in [0.15, 0.2) is 0 Å². The monoisotopic (exact) mass is 356 g/mol. The Morgan fingerprint density at radius 2 is 2.12 bits per heavy atom. The summed E-state index contributed by atoms with van der Waals surface area (Å²) in [4.78, 5) is 14.3. The maximum Gasteiger partial charge on any atom is 0.224 e. The van der Waals surface area contributed by atoms with Crippen LogP contribution in [0.15, 0.2) is 24.3 Å². The molecule has 0 spiro atoms. The van der Waals surface area contributed by atoms with E-state index in [9.17, 15) is 9.18 Å². The number of carbonyl (C=O) groups is 1. The number of amides is 1. The Bertz CT molecular complexity index is 530. The molecule has 6 heteroatoms. The summed E-state index contributed by atoms with van der Waals surface area (Å²) >= 11 is 0. The highest BCUT2D eigenvalue weighted by molar-refractivity contribution is 5.85. The van der Waals surface area contributed by atoms with E-state index >= 15 is 0 Å². The molecule has 0 saturated carbocycles. The maximum atomic E-state index is 13.2. The summed E-state index contributed by atoms with van der Waals surface area (Å²) in [5.41, 5.74) is 1.05. The fraction of sp³-hybridized carbons (Fsp3) is 0.611. The van der Waals surface area contributed by atoms with Gasteiger partial charge in [0.25, 0.3) is 0 Å². The number of hydrogen-bond acceptors (Lipinski definition) is 3. The molecule has 134 valence electrons. The van der Waals surface area contributed by atoms with Crippen LogP contribution >= 0.6 is 12.4 Å². The summed E-state index contributed by atoms with van der Waals surface area (Å²) in [7, 11) is 0. The van der Waals surface area contributed by atoms with Crippen molar-refractivity contribution in [3.63, 3.8) is 0 Å². The third-order valence-corrected chi connectivity index (χ3v) is 4.80. The molecule has 3 rings (SSSR count). The molecule has 1 amide bonds. The summed E-state index contributed by atoms with van der Waals surface area (Å²) in [6.07, 6.45) is 3.42. The lowest BCUT2D eigenvalue weighted by Crippen LogP contribution is -2.46. The molecule has 0 aromatic heterocycles. The number of hydrogen-bond donors (Lipinski definition) is 1. The number of nitrogens with one attached hydrogen (secondary N) is 1. The van der Waals surface area contributed by atoms with Gasteiger partial charge in [0.2, 0.25) is 5.91 Å². The van der Waals surface area contributed by atoms with Gasteiger partial charge in [0.05, 0.1) is 13.2 Å². The number of benzene rings is 1. The van der Waals surface area contributed by atoms with Crippen LogP contribution in [0.5, 0.6) is 0 Å². The molecular formula is C18H26ClFN2O2. The highest BCUT2D eigenvalue weighted by Crippen LogP contribution is 2.22. The second kappa shape index (κ2) is 9.35. The molecule has 2 aliphatic rings. The Balaban J connectivity index is 0.00000208. The molecule has 0 aliphatic carbocycles. The van der Waals surface area contributed by atoms with Crippen molar-refractivity contribution in [3.05, 3.63) is 35.6 Å². The summed E-state index contributed by atoms with van der Waals surface area (Å²) in [5.74, 6) is 0.589. The van der Waals surface area contributed by atoms with Gasteiger partial charge in [-0.3, -0.25) is 4.79 Å². The largest absolute Gasteiger partial charge is 0.378 e. The van der Waals surface area contributed by atoms with E-state index in [0.29, 0.717) is 18.9 Å². The van der Waals surface area contributed by atoms with E-state index in [-0.39, 0.29) is 30.2 Å². The summed E-state index contributed by atoms with van der Waals surface area (Å²) in [6, 6.07) is 7.00. The van der Waals surface area contributed by atoms with Gasteiger partial charge in [0.1, 0.15) is 5.82 Å². The number of ether oxygens (including phenoxy) is 1. The molecule has 1 unspecified atom stereocenters. The smallest absolute Gasteiger partial charge is 0.224 e. The van der Waals surface area contributed by atoms with Crippen LogP contribution in [0.3, 0.4) is 0 Å². The van der Waals surface area contributed by atoms with Gasteiger partial charge in [-0.05, 0) is 42.9 Å². The van der Waals surface area contributed by atoms with Gasteiger partial charge >= 0.3 is 0 Å². The van der Waals surface area contributed by atoms with Gasteiger partial charge in [-0.15, -0.1) is 12.4 Å². The summed E-state index contributed by atoms with van der Waals surface area (Å²) in [6.45, 7) is 3.81. The molecule has 1 aromatic rings. The Morgan fingerprint density at radius 1 is 1.33 bits per heavy atom. The van der Waals surface area contributed by atoms with Crippen molar-refractivity contribution in [3.8, 4) is 0 Å². The minimum absolute atomic E-state index is 0. The molecular weight excluding hydrogens is 331 g/mol. The van der Waals surface area contributed by atoms with Crippen molar-refractivity contribution in [2.24, 2.45) is 5.92 Å². The van der Waals surface area contributed by atoms with Crippen molar-refractivity contribution in [2.45, 2.75) is 31.7 Å². The average Bonchev–Trinajstić information content (AvgIpc) is 2.56. The lowest BCUT2D eigenvalue weighted by molar-refractivity contribution is -0.133.